The molecule has 0 heterocycles. The van der Waals surface area contributed by atoms with Crippen LogP contribution in [-0.4, -0.2) is 11.7 Å². The number of aryl methyl sites for hydroxylation is 1. The van der Waals surface area contributed by atoms with Crippen LogP contribution in [0.4, 0.5) is 5.69 Å². The van der Waals surface area contributed by atoms with Crippen molar-refractivity contribution in [2.75, 3.05) is 11.6 Å². The molecule has 0 spiro atoms. The zero-order valence-electron chi connectivity index (χ0n) is 7.10. The number of nitrogens with two attached hydrogens (primary N) is 1. The van der Waals surface area contributed by atoms with Crippen LogP contribution in [0.2, 0.25) is 5.02 Å². The Balaban J connectivity index is 3.33. The van der Waals surface area contributed by atoms with E-state index in [1.165, 1.54) is 0 Å². The van der Waals surface area contributed by atoms with Gasteiger partial charge < -0.3 is 5.73 Å². The van der Waals surface area contributed by atoms with Gasteiger partial charge in [0, 0.05) is 5.69 Å². The first-order chi connectivity index (χ1) is 6.07. The minimum atomic E-state index is -0.243. The van der Waals surface area contributed by atoms with Crippen molar-refractivity contribution in [2.45, 2.75) is 6.92 Å². The van der Waals surface area contributed by atoms with E-state index < -0.39 is 0 Å². The number of anilines is 1. The summed E-state index contributed by atoms with van der Waals surface area (Å²) in [4.78, 5) is 11.3. The molecule has 0 atom stereocenters. The van der Waals surface area contributed by atoms with E-state index in [-0.39, 0.29) is 11.7 Å². The molecular weight excluding hydrogens is 209 g/mol. The van der Waals surface area contributed by atoms with Crippen LogP contribution in [0, 0.1) is 6.92 Å². The third kappa shape index (κ3) is 1.95. The molecule has 0 bridgehead atoms. The second-order valence-electron chi connectivity index (χ2n) is 2.72. The highest BCUT2D eigenvalue weighted by atomic mass is 35.5. The van der Waals surface area contributed by atoms with Gasteiger partial charge in [0.15, 0.2) is 5.78 Å². The van der Waals surface area contributed by atoms with Gasteiger partial charge in [-0.15, -0.1) is 11.6 Å². The minimum absolute atomic E-state index is 0.104. The van der Waals surface area contributed by atoms with Gasteiger partial charge in [0.1, 0.15) is 0 Å². The molecule has 0 amide bonds. The molecule has 0 radical (unpaired) electrons. The predicted molar refractivity (Wildman–Crippen MR) is 55.7 cm³/mol. The molecule has 1 rings (SSSR count). The zero-order chi connectivity index (χ0) is 10.0. The lowest BCUT2D eigenvalue weighted by Gasteiger charge is -2.07. The summed E-state index contributed by atoms with van der Waals surface area (Å²) in [5.41, 5.74) is 7.13. The number of ketones is 1. The van der Waals surface area contributed by atoms with Gasteiger partial charge >= 0.3 is 0 Å². The molecule has 2 N–H and O–H groups in total. The number of hydrogen-bond donors (Lipinski definition) is 1. The van der Waals surface area contributed by atoms with Crippen LogP contribution < -0.4 is 5.73 Å². The van der Waals surface area contributed by atoms with Gasteiger partial charge in [-0.05, 0) is 18.6 Å². The largest absolute Gasteiger partial charge is 0.398 e. The fourth-order valence-electron chi connectivity index (χ4n) is 1.05. The van der Waals surface area contributed by atoms with E-state index in [4.69, 9.17) is 28.9 Å². The number of benzene rings is 1. The number of rotatable bonds is 2. The van der Waals surface area contributed by atoms with Gasteiger partial charge in [0.05, 0.1) is 16.5 Å². The lowest BCUT2D eigenvalue weighted by molar-refractivity contribution is 0.102. The van der Waals surface area contributed by atoms with Gasteiger partial charge in [-0.25, -0.2) is 0 Å². The Bertz CT molecular complexity index is 350. The van der Waals surface area contributed by atoms with Gasteiger partial charge in [0.2, 0.25) is 0 Å². The molecule has 0 aliphatic rings. The first-order valence-corrected chi connectivity index (χ1v) is 4.63. The third-order valence-corrected chi connectivity index (χ3v) is 2.50. The van der Waals surface area contributed by atoms with Crippen LogP contribution in [0.1, 0.15) is 15.9 Å². The van der Waals surface area contributed by atoms with Crippen molar-refractivity contribution in [3.63, 3.8) is 0 Å². The van der Waals surface area contributed by atoms with E-state index in [2.05, 4.69) is 0 Å². The number of Topliss-reactive ketones (excluding diaryl/α,β-unsaturated/α-hetero) is 1. The van der Waals surface area contributed by atoms with Crippen molar-refractivity contribution >= 4 is 34.7 Å². The minimum Gasteiger partial charge on any atom is -0.398 e. The Hall–Kier alpha value is -0.730. The first-order valence-electron chi connectivity index (χ1n) is 3.71. The van der Waals surface area contributed by atoms with Gasteiger partial charge in [-0.3, -0.25) is 4.79 Å². The molecule has 0 fully saturated rings. The molecule has 0 aliphatic carbocycles. The number of carbonyl (C=O) groups is 1. The lowest BCUT2D eigenvalue weighted by Crippen LogP contribution is -2.06. The van der Waals surface area contributed by atoms with E-state index in [0.717, 1.165) is 5.56 Å². The van der Waals surface area contributed by atoms with E-state index in [1.54, 1.807) is 12.1 Å². The van der Waals surface area contributed by atoms with Gasteiger partial charge in [-0.1, -0.05) is 17.7 Å². The summed E-state index contributed by atoms with van der Waals surface area (Å²) in [7, 11) is 0. The number of halogens is 2. The average molecular weight is 218 g/mol. The van der Waals surface area contributed by atoms with Crippen molar-refractivity contribution in [3.05, 3.63) is 28.3 Å². The normalized spacial score (nSPS) is 10.1. The maximum atomic E-state index is 11.3. The summed E-state index contributed by atoms with van der Waals surface area (Å²) >= 11 is 11.3. The SMILES string of the molecule is Cc1ccc(N)c(C(=O)CCl)c1Cl. The lowest BCUT2D eigenvalue weighted by atomic mass is 10.1. The molecule has 0 aliphatic heterocycles. The topological polar surface area (TPSA) is 43.1 Å². The Morgan fingerprint density at radius 3 is 2.69 bits per heavy atom. The fraction of sp³-hybridized carbons (Fsp3) is 0.222. The van der Waals surface area contributed by atoms with Crippen molar-refractivity contribution in [1.29, 1.82) is 0 Å². The van der Waals surface area contributed by atoms with Crippen molar-refractivity contribution in [2.24, 2.45) is 0 Å². The number of carbonyl (C=O) groups excluding carboxylic acids is 1. The van der Waals surface area contributed by atoms with Crippen LogP contribution in [0.3, 0.4) is 0 Å². The summed E-state index contributed by atoms with van der Waals surface area (Å²) in [5.74, 6) is -0.347. The van der Waals surface area contributed by atoms with Gasteiger partial charge in [-0.2, -0.15) is 0 Å². The van der Waals surface area contributed by atoms with Crippen LogP contribution in [0.15, 0.2) is 12.1 Å². The predicted octanol–water partition coefficient (Wildman–Crippen LogP) is 2.65. The molecule has 0 unspecified atom stereocenters. The quantitative estimate of drug-likeness (QED) is 0.471. The third-order valence-electron chi connectivity index (χ3n) is 1.77. The molecule has 4 heteroatoms. The summed E-state index contributed by atoms with van der Waals surface area (Å²) in [5, 5.41) is 0.394. The van der Waals surface area contributed by atoms with Crippen LogP contribution >= 0.6 is 23.2 Å². The number of alkyl halides is 1. The first kappa shape index (κ1) is 10.4. The smallest absolute Gasteiger partial charge is 0.181 e. The van der Waals surface area contributed by atoms with Gasteiger partial charge in [0.25, 0.3) is 0 Å². The van der Waals surface area contributed by atoms with E-state index >= 15 is 0 Å². The molecule has 0 aromatic heterocycles. The highest BCUT2D eigenvalue weighted by molar-refractivity contribution is 6.38. The van der Waals surface area contributed by atoms with Crippen molar-refractivity contribution in [1.82, 2.24) is 0 Å². The molecule has 13 heavy (non-hydrogen) atoms. The summed E-state index contributed by atoms with van der Waals surface area (Å²) in [6.45, 7) is 1.81. The molecule has 0 saturated carbocycles. The average Bonchev–Trinajstić information content (AvgIpc) is 2.12. The fourth-order valence-corrected chi connectivity index (χ4v) is 1.46. The molecule has 1 aromatic rings. The highest BCUT2D eigenvalue weighted by Gasteiger charge is 2.14. The Morgan fingerprint density at radius 1 is 1.54 bits per heavy atom. The summed E-state index contributed by atoms with van der Waals surface area (Å²) < 4.78 is 0. The summed E-state index contributed by atoms with van der Waals surface area (Å²) in [6, 6.07) is 3.42. The number of nitrogen functional groups attached to an aromatic ring is 1. The highest BCUT2D eigenvalue weighted by Crippen LogP contribution is 2.26. The van der Waals surface area contributed by atoms with Crippen LogP contribution in [0.5, 0.6) is 0 Å². The van der Waals surface area contributed by atoms with E-state index in [1.807, 2.05) is 6.92 Å². The molecule has 0 saturated heterocycles. The molecule has 1 aromatic carbocycles. The van der Waals surface area contributed by atoms with Crippen molar-refractivity contribution in [3.8, 4) is 0 Å². The maximum absolute atomic E-state index is 11.3. The van der Waals surface area contributed by atoms with Crippen LogP contribution in [-0.2, 0) is 0 Å². The Kier molecular flexibility index (Phi) is 3.17. The summed E-state index contributed by atoms with van der Waals surface area (Å²) in [6.07, 6.45) is 0. The standard InChI is InChI=1S/C9H9Cl2NO/c1-5-2-3-6(12)8(9(5)11)7(13)4-10/h2-3H,4,12H2,1H3. The number of hydrogen-bond acceptors (Lipinski definition) is 2. The monoisotopic (exact) mass is 217 g/mol. The second-order valence-corrected chi connectivity index (χ2v) is 3.36. The maximum Gasteiger partial charge on any atom is 0.181 e. The molecule has 70 valence electrons. The van der Waals surface area contributed by atoms with Crippen LogP contribution in [0.25, 0.3) is 0 Å². The molecular formula is C9H9Cl2NO. The zero-order valence-corrected chi connectivity index (χ0v) is 8.62. The second kappa shape index (κ2) is 3.99. The molecule has 2 nitrogen and oxygen atoms in total. The van der Waals surface area contributed by atoms with Crippen molar-refractivity contribution < 1.29 is 4.79 Å². The Labute approximate surface area is 86.6 Å². The Morgan fingerprint density at radius 2 is 2.15 bits per heavy atom. The van der Waals surface area contributed by atoms with E-state index in [9.17, 15) is 4.79 Å². The van der Waals surface area contributed by atoms with E-state index in [0.29, 0.717) is 16.3 Å².